The molecule has 7 nitrogen and oxygen atoms in total. The van der Waals surface area contributed by atoms with Gasteiger partial charge in [0.05, 0.1) is 17.0 Å². The lowest BCUT2D eigenvalue weighted by molar-refractivity contribution is -0.143. The molecule has 2 aromatic carbocycles. The van der Waals surface area contributed by atoms with Gasteiger partial charge in [0.25, 0.3) is 5.91 Å². The Balaban J connectivity index is 1.53. The molecule has 2 heterocycles. The number of carboxylic acids is 1. The van der Waals surface area contributed by atoms with E-state index in [2.05, 4.69) is 31.6 Å². The number of H-pyrrole nitrogens is 1. The second-order valence-corrected chi connectivity index (χ2v) is 9.77. The number of benzene rings is 2. The maximum atomic E-state index is 13.3. The van der Waals surface area contributed by atoms with Crippen molar-refractivity contribution in [1.29, 1.82) is 0 Å². The van der Waals surface area contributed by atoms with E-state index in [1.165, 1.54) is 49.1 Å². The van der Waals surface area contributed by atoms with Gasteiger partial charge in [0.15, 0.2) is 0 Å². The molecule has 1 saturated heterocycles. The van der Waals surface area contributed by atoms with Gasteiger partial charge in [-0.2, -0.15) is 4.99 Å². The van der Waals surface area contributed by atoms with E-state index in [0.717, 1.165) is 30.7 Å². The van der Waals surface area contributed by atoms with Gasteiger partial charge < -0.3 is 14.7 Å². The van der Waals surface area contributed by atoms with E-state index in [1.807, 2.05) is 6.07 Å². The van der Waals surface area contributed by atoms with Gasteiger partial charge in [-0.25, -0.2) is 4.39 Å². The fraction of sp³-hybridized carbons (Fsp3) is 0.444. The predicted octanol–water partition coefficient (Wildman–Crippen LogP) is 4.65. The molecule has 1 amide bonds. The molecule has 0 unspecified atom stereocenters. The number of hydrogen-bond donors (Lipinski definition) is 2. The summed E-state index contributed by atoms with van der Waals surface area (Å²) in [6.45, 7) is 3.10. The monoisotopic (exact) mass is 478 g/mol. The number of fused-ring (bicyclic) bond motifs is 1. The van der Waals surface area contributed by atoms with Gasteiger partial charge >= 0.3 is 5.97 Å². The molecule has 1 aliphatic carbocycles. The van der Waals surface area contributed by atoms with Crippen LogP contribution in [-0.4, -0.2) is 44.5 Å². The molecular weight excluding hydrogens is 447 g/mol. The second kappa shape index (κ2) is 10.2. The van der Waals surface area contributed by atoms with Crippen molar-refractivity contribution in [2.45, 2.75) is 57.5 Å². The number of imidazole rings is 1. The number of nitrogens with one attached hydrogen (secondary N) is 1. The smallest absolute Gasteiger partial charge is 0.306 e. The summed E-state index contributed by atoms with van der Waals surface area (Å²) in [4.78, 5) is 34.6. The molecule has 0 atom stereocenters. The summed E-state index contributed by atoms with van der Waals surface area (Å²) >= 11 is 0. The number of aliphatic carboxylic acids is 1. The van der Waals surface area contributed by atoms with Crippen molar-refractivity contribution in [2.75, 3.05) is 13.1 Å². The van der Waals surface area contributed by atoms with Gasteiger partial charge in [-0.15, -0.1) is 0 Å². The third-order valence-corrected chi connectivity index (χ3v) is 7.36. The van der Waals surface area contributed by atoms with Gasteiger partial charge in [0, 0.05) is 18.2 Å². The normalized spacial score (nSPS) is 21.9. The summed E-state index contributed by atoms with van der Waals surface area (Å²) in [6, 6.07) is 11.7. The number of piperidine rings is 1. The van der Waals surface area contributed by atoms with Crippen LogP contribution >= 0.6 is 0 Å². The number of aromatic nitrogens is 2. The number of rotatable bonds is 5. The van der Waals surface area contributed by atoms with E-state index in [9.17, 15) is 19.1 Å². The van der Waals surface area contributed by atoms with E-state index >= 15 is 0 Å². The van der Waals surface area contributed by atoms with Crippen molar-refractivity contribution in [3.63, 3.8) is 0 Å². The van der Waals surface area contributed by atoms with Crippen molar-refractivity contribution in [1.82, 2.24) is 14.5 Å². The van der Waals surface area contributed by atoms with Crippen LogP contribution in [0.4, 0.5) is 4.39 Å². The van der Waals surface area contributed by atoms with Crippen molar-refractivity contribution >= 4 is 22.9 Å². The molecule has 1 aliphatic heterocycles. The Morgan fingerprint density at radius 2 is 1.71 bits per heavy atom. The number of carbonyl (C=O) groups is 2. The minimum atomic E-state index is -0.743. The maximum Gasteiger partial charge on any atom is 0.306 e. The van der Waals surface area contributed by atoms with E-state index in [-0.39, 0.29) is 12.0 Å². The van der Waals surface area contributed by atoms with Crippen LogP contribution < -0.4 is 5.62 Å². The highest BCUT2D eigenvalue weighted by Crippen LogP contribution is 2.33. The van der Waals surface area contributed by atoms with E-state index in [4.69, 9.17) is 0 Å². The Kier molecular flexibility index (Phi) is 6.81. The molecule has 1 aromatic heterocycles. The summed E-state index contributed by atoms with van der Waals surface area (Å²) in [7, 11) is 0. The van der Waals surface area contributed by atoms with Gasteiger partial charge in [-0.1, -0.05) is 12.5 Å². The lowest BCUT2D eigenvalue weighted by atomic mass is 9.86. The number of aromatic amines is 1. The van der Waals surface area contributed by atoms with Gasteiger partial charge in [0.2, 0.25) is 5.62 Å². The average molecular weight is 479 g/mol. The Bertz CT molecular complexity index is 1280. The summed E-state index contributed by atoms with van der Waals surface area (Å²) in [5.41, 5.74) is 3.84. The largest absolute Gasteiger partial charge is 0.481 e. The van der Waals surface area contributed by atoms with Crippen LogP contribution in [-0.2, 0) is 11.3 Å². The Hall–Kier alpha value is -3.26. The number of halogens is 1. The molecule has 0 radical (unpaired) electrons. The van der Waals surface area contributed by atoms with Crippen LogP contribution in [0.1, 0.15) is 66.9 Å². The van der Waals surface area contributed by atoms with Crippen molar-refractivity contribution in [3.05, 3.63) is 65.0 Å². The van der Waals surface area contributed by atoms with Gasteiger partial charge in [-0.3, -0.25) is 14.5 Å². The number of amides is 1. The number of nitrogens with zero attached hydrogens (tertiary/aromatic N) is 3. The summed E-state index contributed by atoms with van der Waals surface area (Å²) in [5.74, 6) is -1.92. The first-order valence-electron chi connectivity index (χ1n) is 12.5. The third-order valence-electron chi connectivity index (χ3n) is 7.36. The Morgan fingerprint density at radius 1 is 1.00 bits per heavy atom. The summed E-state index contributed by atoms with van der Waals surface area (Å²) in [5, 5.41) is 9.43. The van der Waals surface area contributed by atoms with Crippen molar-refractivity contribution in [2.24, 2.45) is 10.9 Å². The minimum Gasteiger partial charge on any atom is -0.481 e. The topological polar surface area (TPSA) is 90.7 Å². The standard InChI is InChI=1S/C27H31FN4O3/c28-21-9-5-19(6-10-21)25(33)30-27-29-23-13-4-18(17-31-14-2-1-3-15-31)16-24(23)32(27)22-11-7-20(8-12-22)26(34)35/h4-6,9-10,13,16,20,22H,1-3,7-8,11-12,14-15,17H2,(H,34,35)(H,29,30,33). The third kappa shape index (κ3) is 5.22. The first kappa shape index (κ1) is 23.5. The molecule has 3 aromatic rings. The number of carbonyl (C=O) groups excluding carboxylic acids is 1. The van der Waals surface area contributed by atoms with E-state index < -0.39 is 17.7 Å². The fourth-order valence-electron chi connectivity index (χ4n) is 5.44. The molecular formula is C27H31FN4O3. The van der Waals surface area contributed by atoms with Gasteiger partial charge in [0.1, 0.15) is 5.82 Å². The van der Waals surface area contributed by atoms with Crippen LogP contribution in [0.3, 0.4) is 0 Å². The molecule has 2 fully saturated rings. The van der Waals surface area contributed by atoms with E-state index in [0.29, 0.717) is 36.9 Å². The highest BCUT2D eigenvalue weighted by molar-refractivity contribution is 5.94. The van der Waals surface area contributed by atoms with Crippen LogP contribution in [0.2, 0.25) is 0 Å². The Labute approximate surface area is 203 Å². The zero-order valence-electron chi connectivity index (χ0n) is 19.8. The molecule has 2 aliphatic rings. The zero-order valence-corrected chi connectivity index (χ0v) is 19.8. The first-order chi connectivity index (χ1) is 17.0. The minimum absolute atomic E-state index is 0.0457. The molecule has 5 rings (SSSR count). The van der Waals surface area contributed by atoms with Crippen LogP contribution in [0.25, 0.3) is 11.0 Å². The molecule has 0 spiro atoms. The number of hydrogen-bond acceptors (Lipinski definition) is 3. The number of carboxylic acid groups (broad SMARTS) is 1. The van der Waals surface area contributed by atoms with Crippen molar-refractivity contribution < 1.29 is 19.1 Å². The fourth-order valence-corrected chi connectivity index (χ4v) is 5.44. The maximum absolute atomic E-state index is 13.3. The van der Waals surface area contributed by atoms with Crippen LogP contribution in [0.15, 0.2) is 47.5 Å². The Morgan fingerprint density at radius 3 is 2.40 bits per heavy atom. The second-order valence-electron chi connectivity index (χ2n) is 9.77. The first-order valence-corrected chi connectivity index (χ1v) is 12.5. The van der Waals surface area contributed by atoms with E-state index in [1.54, 1.807) is 0 Å². The summed E-state index contributed by atoms with van der Waals surface area (Å²) < 4.78 is 15.4. The molecule has 0 bridgehead atoms. The SMILES string of the molecule is O=C(/N=c1/[nH]c2ccc(CN3CCCCC3)cc2n1C1CCC(C(=O)O)CC1)c1ccc(F)cc1. The molecule has 8 heteroatoms. The molecule has 1 saturated carbocycles. The summed E-state index contributed by atoms with van der Waals surface area (Å²) in [6.07, 6.45) is 6.36. The molecule has 2 N–H and O–H groups in total. The van der Waals surface area contributed by atoms with Crippen LogP contribution in [0, 0.1) is 11.7 Å². The molecule has 184 valence electrons. The average Bonchev–Trinajstić information content (AvgIpc) is 3.22. The number of likely N-dealkylation sites (tertiary alicyclic amines) is 1. The van der Waals surface area contributed by atoms with Crippen molar-refractivity contribution in [3.8, 4) is 0 Å². The highest BCUT2D eigenvalue weighted by atomic mass is 19.1. The zero-order chi connectivity index (χ0) is 24.4. The van der Waals surface area contributed by atoms with Crippen LogP contribution in [0.5, 0.6) is 0 Å². The highest BCUT2D eigenvalue weighted by Gasteiger charge is 2.28. The van der Waals surface area contributed by atoms with Gasteiger partial charge in [-0.05, 0) is 93.6 Å². The lowest BCUT2D eigenvalue weighted by Gasteiger charge is -2.28. The quantitative estimate of drug-likeness (QED) is 0.558. The molecule has 35 heavy (non-hydrogen) atoms. The predicted molar refractivity (Wildman–Crippen MR) is 130 cm³/mol. The lowest BCUT2D eigenvalue weighted by Crippen LogP contribution is -2.30.